The molecule has 0 aliphatic carbocycles. The van der Waals surface area contributed by atoms with E-state index in [2.05, 4.69) is 15.1 Å². The fraction of sp³-hybridized carbons (Fsp3) is 0.292. The van der Waals surface area contributed by atoms with Crippen LogP contribution in [0.1, 0.15) is 32.1 Å². The Morgan fingerprint density at radius 1 is 1.00 bits per heavy atom. The molecule has 0 saturated heterocycles. The number of aromatic nitrogens is 3. The molecule has 0 spiro atoms. The highest BCUT2D eigenvalue weighted by atomic mass is 32.3. The van der Waals surface area contributed by atoms with Gasteiger partial charge in [0.25, 0.3) is 0 Å². The standard InChI is InChI=1S/C24H27N5O6S/c1-2-21-26-22(27-35-21)18-6-8-20(9-7-18)34-17-5-3-4-14-28-15-16-29(19-10-12-25-13-11-19)36(28,23(30)31)24(32)33/h6-13,15-16H,2-5,14,17H2,1H3,(H,30,31)(H,32,33). The fourth-order valence-corrected chi connectivity index (χ4v) is 6.15. The van der Waals surface area contributed by atoms with E-state index in [1.807, 2.05) is 31.2 Å². The third kappa shape index (κ3) is 4.98. The van der Waals surface area contributed by atoms with Gasteiger partial charge in [0.15, 0.2) is 0 Å². The van der Waals surface area contributed by atoms with Gasteiger partial charge < -0.3 is 23.8 Å². The summed E-state index contributed by atoms with van der Waals surface area (Å²) in [5.74, 6) is 1.84. The van der Waals surface area contributed by atoms with Crippen LogP contribution in [0.4, 0.5) is 15.3 Å². The van der Waals surface area contributed by atoms with Gasteiger partial charge >= 0.3 is 10.6 Å². The number of aryl methyl sites for hydroxylation is 1. The molecule has 190 valence electrons. The monoisotopic (exact) mass is 513 g/mol. The smallest absolute Gasteiger partial charge is 0.393 e. The van der Waals surface area contributed by atoms with E-state index in [1.165, 1.54) is 27.2 Å². The quantitative estimate of drug-likeness (QED) is 0.330. The van der Waals surface area contributed by atoms with Crippen molar-refractivity contribution in [3.8, 4) is 17.1 Å². The average molecular weight is 514 g/mol. The maximum Gasteiger partial charge on any atom is 0.393 e. The van der Waals surface area contributed by atoms with Gasteiger partial charge in [0, 0.05) is 43.3 Å². The average Bonchev–Trinajstić information content (AvgIpc) is 3.53. The molecule has 0 bridgehead atoms. The summed E-state index contributed by atoms with van der Waals surface area (Å²) in [7, 11) is -3.38. The first-order valence-corrected chi connectivity index (χ1v) is 13.0. The van der Waals surface area contributed by atoms with Crippen molar-refractivity contribution in [2.75, 3.05) is 17.5 Å². The molecule has 3 heterocycles. The number of hydrogen-bond acceptors (Lipinski definition) is 9. The van der Waals surface area contributed by atoms with Gasteiger partial charge in [-0.1, -0.05) is 12.1 Å². The zero-order chi connectivity index (χ0) is 25.5. The third-order valence-corrected chi connectivity index (χ3v) is 8.43. The molecule has 2 N–H and O–H groups in total. The molecule has 0 unspecified atom stereocenters. The minimum atomic E-state index is -3.38. The highest BCUT2D eigenvalue weighted by Crippen LogP contribution is 2.61. The van der Waals surface area contributed by atoms with Crippen LogP contribution in [-0.2, 0) is 6.42 Å². The number of unbranched alkanes of at least 4 members (excludes halogenated alkanes) is 2. The van der Waals surface area contributed by atoms with Crippen LogP contribution in [-0.4, -0.2) is 53.4 Å². The van der Waals surface area contributed by atoms with E-state index in [9.17, 15) is 19.8 Å². The Morgan fingerprint density at radius 3 is 2.36 bits per heavy atom. The number of rotatable bonds is 10. The lowest BCUT2D eigenvalue weighted by Crippen LogP contribution is -2.39. The molecule has 0 atom stereocenters. The van der Waals surface area contributed by atoms with Gasteiger partial charge in [-0.05, 0) is 55.7 Å². The molecular formula is C24H27N5O6S. The van der Waals surface area contributed by atoms with Crippen LogP contribution >= 0.6 is 10.4 Å². The van der Waals surface area contributed by atoms with Gasteiger partial charge in [-0.15, -0.1) is 0 Å². The number of nitrogens with zero attached hydrogens (tertiary/aromatic N) is 5. The first kappa shape index (κ1) is 25.0. The largest absolute Gasteiger partial charge is 0.494 e. The van der Waals surface area contributed by atoms with E-state index in [0.29, 0.717) is 49.1 Å². The van der Waals surface area contributed by atoms with Crippen LogP contribution < -0.4 is 9.04 Å². The molecule has 36 heavy (non-hydrogen) atoms. The molecule has 4 rings (SSSR count). The number of pyridine rings is 1. The molecule has 12 heteroatoms. The van der Waals surface area contributed by atoms with E-state index in [-0.39, 0.29) is 0 Å². The summed E-state index contributed by atoms with van der Waals surface area (Å²) >= 11 is 0. The Labute approximate surface area is 209 Å². The highest BCUT2D eigenvalue weighted by molar-refractivity contribution is 8.54. The summed E-state index contributed by atoms with van der Waals surface area (Å²) in [4.78, 5) is 32.8. The van der Waals surface area contributed by atoms with Crippen molar-refractivity contribution in [3.63, 3.8) is 0 Å². The van der Waals surface area contributed by atoms with Gasteiger partial charge in [0.1, 0.15) is 16.1 Å². The Balaban J connectivity index is 1.27. The van der Waals surface area contributed by atoms with Gasteiger partial charge in [-0.25, -0.2) is 9.59 Å². The zero-order valence-corrected chi connectivity index (χ0v) is 20.5. The van der Waals surface area contributed by atoms with Crippen molar-refractivity contribution >= 4 is 26.7 Å². The van der Waals surface area contributed by atoms with Crippen molar-refractivity contribution in [1.29, 1.82) is 0 Å². The third-order valence-electron chi connectivity index (χ3n) is 5.57. The van der Waals surface area contributed by atoms with Gasteiger partial charge in [0.05, 0.1) is 12.3 Å². The zero-order valence-electron chi connectivity index (χ0n) is 19.7. The van der Waals surface area contributed by atoms with Crippen LogP contribution in [0.15, 0.2) is 65.7 Å². The van der Waals surface area contributed by atoms with Crippen molar-refractivity contribution in [2.24, 2.45) is 0 Å². The van der Waals surface area contributed by atoms with Crippen molar-refractivity contribution in [2.45, 2.75) is 32.6 Å². The highest BCUT2D eigenvalue weighted by Gasteiger charge is 2.53. The summed E-state index contributed by atoms with van der Waals surface area (Å²) in [6, 6.07) is 10.6. The number of carboxylic acid groups (broad SMARTS) is 2. The van der Waals surface area contributed by atoms with E-state index in [4.69, 9.17) is 9.26 Å². The minimum absolute atomic E-state index is 0.297. The lowest BCUT2D eigenvalue weighted by molar-refractivity contribution is 0.213. The second kappa shape index (κ2) is 11.1. The van der Waals surface area contributed by atoms with Crippen LogP contribution in [0.3, 0.4) is 0 Å². The lowest BCUT2D eigenvalue weighted by Gasteiger charge is -2.42. The molecule has 0 radical (unpaired) electrons. The van der Waals surface area contributed by atoms with Crippen LogP contribution in [0.25, 0.3) is 11.4 Å². The summed E-state index contributed by atoms with van der Waals surface area (Å²) in [6.45, 7) is 2.73. The van der Waals surface area contributed by atoms with Crippen molar-refractivity contribution in [3.05, 3.63) is 67.1 Å². The van der Waals surface area contributed by atoms with Crippen LogP contribution in [0.5, 0.6) is 5.75 Å². The number of carbonyl (C=O) groups is 2. The molecule has 1 aromatic carbocycles. The minimum Gasteiger partial charge on any atom is -0.494 e. The summed E-state index contributed by atoms with van der Waals surface area (Å²) in [5.41, 5.74) is 1.31. The second-order valence-electron chi connectivity index (χ2n) is 7.85. The SMILES string of the molecule is CCc1nc(-c2ccc(OCCCCCN3C=CN(c4ccncc4)S3(C(=O)O)C(=O)O)cc2)no1. The van der Waals surface area contributed by atoms with E-state index >= 15 is 0 Å². The number of anilines is 1. The van der Waals surface area contributed by atoms with E-state index < -0.39 is 21.0 Å². The summed E-state index contributed by atoms with van der Waals surface area (Å²) in [5, 5.41) is 21.2. The molecule has 0 fully saturated rings. The molecule has 1 aliphatic heterocycles. The van der Waals surface area contributed by atoms with Crippen LogP contribution in [0, 0.1) is 0 Å². The van der Waals surface area contributed by atoms with E-state index in [0.717, 1.165) is 18.4 Å². The number of hydrogen-bond donors (Lipinski definition) is 2. The maximum atomic E-state index is 12.3. The summed E-state index contributed by atoms with van der Waals surface area (Å²) < 4.78 is 13.7. The van der Waals surface area contributed by atoms with E-state index in [1.54, 1.807) is 18.3 Å². The topological polar surface area (TPSA) is 142 Å². The molecule has 11 nitrogen and oxygen atoms in total. The lowest BCUT2D eigenvalue weighted by atomic mass is 10.2. The second-order valence-corrected chi connectivity index (χ2v) is 10.5. The molecular weight excluding hydrogens is 486 g/mol. The van der Waals surface area contributed by atoms with Crippen molar-refractivity contribution < 1.29 is 29.1 Å². The molecule has 0 saturated carbocycles. The normalized spacial score (nSPS) is 15.1. The van der Waals surface area contributed by atoms with Crippen molar-refractivity contribution in [1.82, 2.24) is 19.4 Å². The van der Waals surface area contributed by atoms with Gasteiger partial charge in [-0.2, -0.15) is 4.98 Å². The maximum absolute atomic E-state index is 12.3. The van der Waals surface area contributed by atoms with Gasteiger partial charge in [0.2, 0.25) is 11.7 Å². The number of ether oxygens (including phenoxy) is 1. The Bertz CT molecular complexity index is 1200. The molecule has 3 aromatic rings. The Morgan fingerprint density at radius 2 is 1.72 bits per heavy atom. The summed E-state index contributed by atoms with van der Waals surface area (Å²) in [6.07, 6.45) is 8.83. The first-order chi connectivity index (χ1) is 17.5. The molecule has 2 aromatic heterocycles. The molecule has 0 amide bonds. The van der Waals surface area contributed by atoms with Crippen LogP contribution in [0.2, 0.25) is 0 Å². The first-order valence-electron chi connectivity index (χ1n) is 11.5. The fourth-order valence-electron chi connectivity index (χ4n) is 3.76. The Kier molecular flexibility index (Phi) is 7.74. The Hall–Kier alpha value is -4.06. The predicted molar refractivity (Wildman–Crippen MR) is 135 cm³/mol. The molecule has 1 aliphatic rings. The number of benzene rings is 1. The predicted octanol–water partition coefficient (Wildman–Crippen LogP) is 5.53. The van der Waals surface area contributed by atoms with Gasteiger partial charge in [-0.3, -0.25) is 9.29 Å².